The van der Waals surface area contributed by atoms with Gasteiger partial charge in [0.15, 0.2) is 0 Å². The Morgan fingerprint density at radius 2 is 1.95 bits per heavy atom. The van der Waals surface area contributed by atoms with E-state index in [1.807, 2.05) is 42.7 Å². The van der Waals surface area contributed by atoms with E-state index in [0.717, 1.165) is 17.0 Å². The largest absolute Gasteiger partial charge is 0.338 e. The molecule has 2 aromatic rings. The summed E-state index contributed by atoms with van der Waals surface area (Å²) < 4.78 is 0. The first-order valence-electron chi connectivity index (χ1n) is 6.92. The van der Waals surface area contributed by atoms with E-state index in [-0.39, 0.29) is 6.03 Å². The number of carbonyl (C=O) groups is 1. The molecule has 110 valence electrons. The van der Waals surface area contributed by atoms with Gasteiger partial charge in [0.25, 0.3) is 0 Å². The third kappa shape index (κ3) is 4.83. The van der Waals surface area contributed by atoms with Crippen molar-refractivity contribution in [1.29, 1.82) is 0 Å². The lowest BCUT2D eigenvalue weighted by atomic mass is 10.1. The number of thioether (sulfide) groups is 1. The molecule has 0 radical (unpaired) electrons. The zero-order valence-corrected chi connectivity index (χ0v) is 13.2. The summed E-state index contributed by atoms with van der Waals surface area (Å²) in [7, 11) is 0. The van der Waals surface area contributed by atoms with Crippen molar-refractivity contribution in [3.05, 3.63) is 59.7 Å². The second kappa shape index (κ2) is 7.74. The van der Waals surface area contributed by atoms with Crippen LogP contribution >= 0.6 is 11.8 Å². The SMILES string of the molecule is CSc1cccc(NC(=O)NCCc2ccccc2C)c1. The number of nitrogens with one attached hydrogen (secondary N) is 2. The lowest BCUT2D eigenvalue weighted by Gasteiger charge is -2.09. The summed E-state index contributed by atoms with van der Waals surface area (Å²) in [4.78, 5) is 13.0. The maximum Gasteiger partial charge on any atom is 0.319 e. The molecule has 0 fully saturated rings. The second-order valence-corrected chi connectivity index (χ2v) is 5.67. The van der Waals surface area contributed by atoms with Crippen molar-refractivity contribution in [1.82, 2.24) is 5.32 Å². The Bertz CT molecular complexity index is 613. The average Bonchev–Trinajstić information content (AvgIpc) is 2.49. The van der Waals surface area contributed by atoms with Gasteiger partial charge in [-0.15, -0.1) is 11.8 Å². The van der Waals surface area contributed by atoms with Gasteiger partial charge in [0.2, 0.25) is 0 Å². The van der Waals surface area contributed by atoms with Crippen LogP contribution in [0.2, 0.25) is 0 Å². The Morgan fingerprint density at radius 1 is 1.14 bits per heavy atom. The van der Waals surface area contributed by atoms with Crippen LogP contribution in [0.5, 0.6) is 0 Å². The summed E-state index contributed by atoms with van der Waals surface area (Å²) in [6, 6.07) is 15.9. The van der Waals surface area contributed by atoms with E-state index >= 15 is 0 Å². The molecule has 2 rings (SSSR count). The van der Waals surface area contributed by atoms with Crippen LogP contribution in [0.15, 0.2) is 53.4 Å². The van der Waals surface area contributed by atoms with Crippen molar-refractivity contribution in [2.45, 2.75) is 18.2 Å². The summed E-state index contributed by atoms with van der Waals surface area (Å²) in [5.74, 6) is 0. The van der Waals surface area contributed by atoms with Crippen molar-refractivity contribution in [2.24, 2.45) is 0 Å². The number of aryl methyl sites for hydroxylation is 1. The van der Waals surface area contributed by atoms with E-state index in [0.29, 0.717) is 6.54 Å². The van der Waals surface area contributed by atoms with Gasteiger partial charge in [0, 0.05) is 17.1 Å². The molecule has 0 aromatic heterocycles. The topological polar surface area (TPSA) is 41.1 Å². The molecule has 0 aliphatic rings. The van der Waals surface area contributed by atoms with Gasteiger partial charge in [-0.2, -0.15) is 0 Å². The first kappa shape index (κ1) is 15.4. The van der Waals surface area contributed by atoms with Crippen molar-refractivity contribution < 1.29 is 4.79 Å². The number of anilines is 1. The monoisotopic (exact) mass is 300 g/mol. The van der Waals surface area contributed by atoms with Crippen molar-refractivity contribution >= 4 is 23.5 Å². The molecule has 0 atom stereocenters. The Morgan fingerprint density at radius 3 is 2.71 bits per heavy atom. The van der Waals surface area contributed by atoms with Crippen LogP contribution in [0, 0.1) is 6.92 Å². The number of urea groups is 1. The van der Waals surface area contributed by atoms with Gasteiger partial charge in [-0.1, -0.05) is 30.3 Å². The van der Waals surface area contributed by atoms with E-state index < -0.39 is 0 Å². The Balaban J connectivity index is 1.81. The maximum absolute atomic E-state index is 11.9. The quantitative estimate of drug-likeness (QED) is 0.817. The van der Waals surface area contributed by atoms with Gasteiger partial charge < -0.3 is 10.6 Å². The number of amides is 2. The molecular formula is C17H20N2OS. The summed E-state index contributed by atoms with van der Waals surface area (Å²) in [5.41, 5.74) is 3.34. The first-order chi connectivity index (χ1) is 10.2. The first-order valence-corrected chi connectivity index (χ1v) is 8.15. The van der Waals surface area contributed by atoms with Crippen LogP contribution in [0.25, 0.3) is 0 Å². The van der Waals surface area contributed by atoms with Crippen LogP contribution in [0.3, 0.4) is 0 Å². The fraction of sp³-hybridized carbons (Fsp3) is 0.235. The minimum atomic E-state index is -0.165. The summed E-state index contributed by atoms with van der Waals surface area (Å²) in [6.07, 6.45) is 2.85. The Hall–Kier alpha value is -1.94. The standard InChI is InChI=1S/C17H20N2OS/c1-13-6-3-4-7-14(13)10-11-18-17(20)19-15-8-5-9-16(12-15)21-2/h3-9,12H,10-11H2,1-2H3,(H2,18,19,20). The average molecular weight is 300 g/mol. The van der Waals surface area contributed by atoms with Gasteiger partial charge in [0.1, 0.15) is 0 Å². The van der Waals surface area contributed by atoms with Crippen molar-refractivity contribution in [3.63, 3.8) is 0 Å². The number of hydrogen-bond donors (Lipinski definition) is 2. The van der Waals surface area contributed by atoms with E-state index in [9.17, 15) is 4.79 Å². The van der Waals surface area contributed by atoms with Crippen LogP contribution in [0.1, 0.15) is 11.1 Å². The lowest BCUT2D eigenvalue weighted by molar-refractivity contribution is 0.252. The maximum atomic E-state index is 11.9. The highest BCUT2D eigenvalue weighted by Crippen LogP contribution is 2.18. The number of benzene rings is 2. The molecule has 2 N–H and O–H groups in total. The van der Waals surface area contributed by atoms with E-state index in [1.54, 1.807) is 11.8 Å². The molecule has 21 heavy (non-hydrogen) atoms. The Labute approximate surface area is 130 Å². The van der Waals surface area contributed by atoms with Gasteiger partial charge in [-0.05, 0) is 48.9 Å². The molecule has 0 saturated heterocycles. The molecule has 0 bridgehead atoms. The molecule has 0 spiro atoms. The molecule has 4 heteroatoms. The molecule has 0 heterocycles. The highest BCUT2D eigenvalue weighted by Gasteiger charge is 2.03. The minimum Gasteiger partial charge on any atom is -0.338 e. The summed E-state index contributed by atoms with van der Waals surface area (Å²) in [5, 5.41) is 5.74. The predicted molar refractivity (Wildman–Crippen MR) is 90.1 cm³/mol. The number of carbonyl (C=O) groups excluding carboxylic acids is 1. The van der Waals surface area contributed by atoms with Crippen LogP contribution in [-0.4, -0.2) is 18.8 Å². The van der Waals surface area contributed by atoms with Gasteiger partial charge in [-0.3, -0.25) is 0 Å². The van der Waals surface area contributed by atoms with E-state index in [4.69, 9.17) is 0 Å². The number of hydrogen-bond acceptors (Lipinski definition) is 2. The van der Waals surface area contributed by atoms with Crippen molar-refractivity contribution in [3.8, 4) is 0 Å². The third-order valence-corrected chi connectivity index (χ3v) is 3.99. The summed E-state index contributed by atoms with van der Waals surface area (Å²) in [6.45, 7) is 2.71. The molecule has 0 aliphatic heterocycles. The molecule has 2 aromatic carbocycles. The highest BCUT2D eigenvalue weighted by molar-refractivity contribution is 7.98. The Kier molecular flexibility index (Phi) is 5.69. The van der Waals surface area contributed by atoms with Gasteiger partial charge >= 0.3 is 6.03 Å². The van der Waals surface area contributed by atoms with Crippen molar-refractivity contribution in [2.75, 3.05) is 18.1 Å². The van der Waals surface area contributed by atoms with Crippen LogP contribution in [0.4, 0.5) is 10.5 Å². The smallest absolute Gasteiger partial charge is 0.319 e. The summed E-state index contributed by atoms with van der Waals surface area (Å²) >= 11 is 1.66. The molecule has 0 saturated carbocycles. The van der Waals surface area contributed by atoms with Gasteiger partial charge in [-0.25, -0.2) is 4.79 Å². The van der Waals surface area contributed by atoms with Gasteiger partial charge in [0.05, 0.1) is 0 Å². The zero-order chi connectivity index (χ0) is 15.1. The fourth-order valence-electron chi connectivity index (χ4n) is 2.08. The fourth-order valence-corrected chi connectivity index (χ4v) is 2.54. The molecule has 0 unspecified atom stereocenters. The molecule has 3 nitrogen and oxygen atoms in total. The predicted octanol–water partition coefficient (Wildman–Crippen LogP) is 4.08. The number of rotatable bonds is 5. The zero-order valence-electron chi connectivity index (χ0n) is 12.3. The van der Waals surface area contributed by atoms with Crippen LogP contribution in [-0.2, 0) is 6.42 Å². The molecule has 2 amide bonds. The molecule has 0 aliphatic carbocycles. The molecular weight excluding hydrogens is 280 g/mol. The lowest BCUT2D eigenvalue weighted by Crippen LogP contribution is -2.30. The normalized spacial score (nSPS) is 10.2. The van der Waals surface area contributed by atoms with Crippen LogP contribution < -0.4 is 10.6 Å². The highest BCUT2D eigenvalue weighted by atomic mass is 32.2. The van der Waals surface area contributed by atoms with E-state index in [2.05, 4.69) is 29.7 Å². The minimum absolute atomic E-state index is 0.165. The van der Waals surface area contributed by atoms with E-state index in [1.165, 1.54) is 11.1 Å². The third-order valence-electron chi connectivity index (χ3n) is 3.27. The second-order valence-electron chi connectivity index (χ2n) is 4.79.